The Labute approximate surface area is 421 Å². The summed E-state index contributed by atoms with van der Waals surface area (Å²) in [5, 5.41) is 2.79. The number of aryl methyl sites for hydroxylation is 4. The summed E-state index contributed by atoms with van der Waals surface area (Å²) in [5.74, 6) is 4.17. The summed E-state index contributed by atoms with van der Waals surface area (Å²) in [6.07, 6.45) is 24.7. The highest BCUT2D eigenvalue weighted by atomic mass is 14.3. The molecule has 5 aromatic carbocycles. The first-order chi connectivity index (χ1) is 32.5. The average molecular weight is 918 g/mol. The van der Waals surface area contributed by atoms with Gasteiger partial charge in [-0.1, -0.05) is 262 Å². The molecule has 0 aliphatic heterocycles. The maximum Gasteiger partial charge on any atom is -0.00167 e. The Morgan fingerprint density at radius 2 is 0.559 bits per heavy atom. The Morgan fingerprint density at radius 3 is 0.926 bits per heavy atom. The molecule has 0 saturated carbocycles. The van der Waals surface area contributed by atoms with Crippen LogP contribution in [0, 0.1) is 29.6 Å². The van der Waals surface area contributed by atoms with E-state index >= 15 is 0 Å². The molecule has 0 N–H and O–H groups in total. The van der Waals surface area contributed by atoms with Crippen LogP contribution < -0.4 is 10.4 Å². The molecule has 0 bridgehead atoms. The molecule has 5 aromatic rings. The van der Waals surface area contributed by atoms with Gasteiger partial charge in [-0.05, 0) is 162 Å². The molecule has 10 rings (SSSR count). The van der Waals surface area contributed by atoms with Gasteiger partial charge in [0.2, 0.25) is 0 Å². The van der Waals surface area contributed by atoms with Gasteiger partial charge in [0.1, 0.15) is 0 Å². The molecule has 372 valence electrons. The molecule has 0 atom stereocenters. The molecule has 0 heterocycles. The van der Waals surface area contributed by atoms with Gasteiger partial charge in [0.25, 0.3) is 0 Å². The quantitative estimate of drug-likeness (QED) is 0.145. The molecule has 0 radical (unpaired) electrons. The van der Waals surface area contributed by atoms with Crippen molar-refractivity contribution in [1.82, 2.24) is 0 Å². The lowest BCUT2D eigenvalue weighted by Crippen LogP contribution is -2.25. The van der Waals surface area contributed by atoms with E-state index in [1.54, 1.807) is 27.8 Å². The second-order valence-corrected chi connectivity index (χ2v) is 21.8. The maximum absolute atomic E-state index is 2.40. The summed E-state index contributed by atoms with van der Waals surface area (Å²) in [7, 11) is 0. The van der Waals surface area contributed by atoms with E-state index in [2.05, 4.69) is 225 Å². The number of fused-ring (bicyclic) bond motifs is 6. The molecule has 0 amide bonds. The van der Waals surface area contributed by atoms with E-state index in [1.807, 2.05) is 36.4 Å². The van der Waals surface area contributed by atoms with Crippen molar-refractivity contribution < 1.29 is 0 Å². The van der Waals surface area contributed by atoms with E-state index in [9.17, 15) is 0 Å². The summed E-state index contributed by atoms with van der Waals surface area (Å²) in [6.45, 7) is 32.5. The average Bonchev–Trinajstić information content (AvgIpc) is 3.95. The summed E-state index contributed by atoms with van der Waals surface area (Å²) < 4.78 is 0. The van der Waals surface area contributed by atoms with Gasteiger partial charge >= 0.3 is 0 Å². The molecule has 5 aliphatic rings. The minimum absolute atomic E-state index is 0.833. The molecule has 0 unspecified atom stereocenters. The lowest BCUT2D eigenvalue weighted by Gasteiger charge is -2.13. The molecule has 5 aliphatic carbocycles. The molecular weight excluding hydrogens is 817 g/mol. The Morgan fingerprint density at radius 1 is 0.279 bits per heavy atom. The van der Waals surface area contributed by atoms with Crippen LogP contribution in [-0.4, -0.2) is 0 Å². The van der Waals surface area contributed by atoms with Gasteiger partial charge in [0.15, 0.2) is 0 Å². The van der Waals surface area contributed by atoms with Crippen molar-refractivity contribution in [3.8, 4) is 0 Å². The Balaban J connectivity index is 0.000000392. The predicted octanol–water partition coefficient (Wildman–Crippen LogP) is 19.1. The Kier molecular flexibility index (Phi) is 34.5. The normalized spacial score (nSPS) is 13.6. The zero-order valence-corrected chi connectivity index (χ0v) is 46.4. The number of rotatable bonds is 0. The van der Waals surface area contributed by atoms with Crippen molar-refractivity contribution in [2.75, 3.05) is 0 Å². The highest BCUT2D eigenvalue weighted by Gasteiger charge is 2.21. The third-order valence-electron chi connectivity index (χ3n) is 9.77. The van der Waals surface area contributed by atoms with Gasteiger partial charge in [0.05, 0.1) is 0 Å². The van der Waals surface area contributed by atoms with E-state index in [0.29, 0.717) is 0 Å². The highest BCUT2D eigenvalue weighted by Crippen LogP contribution is 2.39. The Bertz CT molecular complexity index is 2010. The number of allylic oxidation sites excluding steroid dienone is 4. The van der Waals surface area contributed by atoms with E-state index in [0.717, 1.165) is 36.0 Å². The summed E-state index contributed by atoms with van der Waals surface area (Å²) in [6, 6.07) is 46.8. The highest BCUT2D eigenvalue weighted by molar-refractivity contribution is 5.86. The third-order valence-corrected chi connectivity index (χ3v) is 9.77. The van der Waals surface area contributed by atoms with Crippen molar-refractivity contribution in [2.45, 2.75) is 181 Å². The van der Waals surface area contributed by atoms with Crippen LogP contribution in [0.15, 0.2) is 151 Å². The molecule has 0 spiro atoms. The molecular formula is C68H100. The lowest BCUT2D eigenvalue weighted by molar-refractivity contribution is 0.685. The molecule has 0 aromatic heterocycles. The van der Waals surface area contributed by atoms with Gasteiger partial charge in [-0.15, -0.1) is 0 Å². The number of hydrogen-bond donors (Lipinski definition) is 0. The molecule has 0 nitrogen and oxygen atoms in total. The first-order valence-corrected chi connectivity index (χ1v) is 26.9. The molecule has 0 heteroatoms. The molecule has 0 saturated heterocycles. The minimum atomic E-state index is 0.833. The Hall–Kier alpha value is -4.68. The van der Waals surface area contributed by atoms with Gasteiger partial charge in [-0.3, -0.25) is 0 Å². The summed E-state index contributed by atoms with van der Waals surface area (Å²) in [5.41, 5.74) is 12.3. The van der Waals surface area contributed by atoms with Crippen LogP contribution in [0.1, 0.15) is 182 Å². The first-order valence-electron chi connectivity index (χ1n) is 26.9. The summed E-state index contributed by atoms with van der Waals surface area (Å²) in [4.78, 5) is 0. The van der Waals surface area contributed by atoms with Crippen molar-refractivity contribution in [3.63, 3.8) is 0 Å². The van der Waals surface area contributed by atoms with Crippen molar-refractivity contribution in [3.05, 3.63) is 195 Å². The number of benzene rings is 5. The third kappa shape index (κ3) is 31.4. The van der Waals surface area contributed by atoms with Crippen LogP contribution in [0.25, 0.3) is 17.7 Å². The first kappa shape index (κ1) is 61.3. The van der Waals surface area contributed by atoms with E-state index in [1.165, 1.54) is 97.8 Å². The van der Waals surface area contributed by atoms with Gasteiger partial charge in [0, 0.05) is 0 Å². The minimum Gasteiger partial charge on any atom is -0.0801 e. The second-order valence-electron chi connectivity index (χ2n) is 21.8. The van der Waals surface area contributed by atoms with Crippen LogP contribution >= 0.6 is 0 Å². The maximum atomic E-state index is 2.40. The van der Waals surface area contributed by atoms with Crippen molar-refractivity contribution in [2.24, 2.45) is 29.6 Å². The zero-order chi connectivity index (χ0) is 50.5. The fourth-order valence-corrected chi connectivity index (χ4v) is 7.26. The topological polar surface area (TPSA) is 0 Å². The fourth-order valence-electron chi connectivity index (χ4n) is 7.26. The summed E-state index contributed by atoms with van der Waals surface area (Å²) >= 11 is 0. The monoisotopic (exact) mass is 917 g/mol. The SMILES string of the molecule is C1=C2Cc3ccccc3C2=CCC1.C1=c2ccccc2=CCC1.CC(C)C.CC(C)C.CC(C)C.CC(C)C.CC(C)C.c1ccc2c(c1)CCC2.c1ccc2c(c1)CCCC2.c1ccccc1. The van der Waals surface area contributed by atoms with Crippen LogP contribution in [0.4, 0.5) is 0 Å². The van der Waals surface area contributed by atoms with Crippen molar-refractivity contribution in [1.29, 1.82) is 0 Å². The largest absolute Gasteiger partial charge is 0.0801 e. The second kappa shape index (κ2) is 38.2. The standard InChI is InChI=1S/C13H12.C10H12.C10H10.C9H10.C6H6.5C4H10/c1-3-7-12-10(5-1)9-11-6-2-4-8-13(11)12;2*1-2-6-10-8-4-3-7-9(10)5-1;1-2-5-9-7-3-6-8(9)4-1;1-2-4-6-5-3-1;5*1-4(2)3/h1,3,5-8H,2,4,9H2;1-2,5-6H,3-4,7-8H2;1-2,5-8H,3-4H2;1-2,4-5H,3,6-7H2;1-6H;5*4H,1-3H3. The number of hydrogen-bond acceptors (Lipinski definition) is 0. The van der Waals surface area contributed by atoms with Crippen LogP contribution in [0.2, 0.25) is 0 Å². The van der Waals surface area contributed by atoms with Gasteiger partial charge in [-0.25, -0.2) is 0 Å². The smallest absolute Gasteiger partial charge is 0.00167 e. The van der Waals surface area contributed by atoms with E-state index in [4.69, 9.17) is 0 Å². The van der Waals surface area contributed by atoms with Crippen LogP contribution in [0.5, 0.6) is 0 Å². The van der Waals surface area contributed by atoms with E-state index < -0.39 is 0 Å². The zero-order valence-electron chi connectivity index (χ0n) is 46.4. The lowest BCUT2D eigenvalue weighted by atomic mass is 9.92. The van der Waals surface area contributed by atoms with Crippen molar-refractivity contribution >= 4 is 17.7 Å². The van der Waals surface area contributed by atoms with Gasteiger partial charge < -0.3 is 0 Å². The predicted molar refractivity (Wildman–Crippen MR) is 310 cm³/mol. The van der Waals surface area contributed by atoms with E-state index in [-0.39, 0.29) is 0 Å². The van der Waals surface area contributed by atoms with Crippen LogP contribution in [0.3, 0.4) is 0 Å². The molecule has 0 fully saturated rings. The molecule has 68 heavy (non-hydrogen) atoms. The van der Waals surface area contributed by atoms with Crippen LogP contribution in [-0.2, 0) is 32.1 Å². The fraction of sp³-hybridized carbons (Fsp3) is 0.471. The van der Waals surface area contributed by atoms with Gasteiger partial charge in [-0.2, -0.15) is 0 Å².